The van der Waals surface area contributed by atoms with Crippen molar-refractivity contribution in [3.05, 3.63) is 12.2 Å². The zero-order valence-electron chi connectivity index (χ0n) is 42.3. The molecule has 5 nitrogen and oxygen atoms in total. The first-order valence-electron chi connectivity index (χ1n) is 28.5. The highest BCUT2D eigenvalue weighted by Gasteiger charge is 2.26. The van der Waals surface area contributed by atoms with Gasteiger partial charge in [0.25, 0.3) is 0 Å². The molecule has 0 spiro atoms. The van der Waals surface area contributed by atoms with Crippen LogP contribution in [0.2, 0.25) is 0 Å². The largest absolute Gasteiger partial charge is 0.394 e. The molecule has 0 fully saturated rings. The summed E-state index contributed by atoms with van der Waals surface area (Å²) in [6, 6.07) is -0.822. The van der Waals surface area contributed by atoms with Crippen molar-refractivity contribution < 1.29 is 20.1 Å². The van der Waals surface area contributed by atoms with Crippen LogP contribution < -0.4 is 5.32 Å². The lowest BCUT2D eigenvalue weighted by molar-refractivity contribution is -0.124. The minimum atomic E-state index is -1.15. The van der Waals surface area contributed by atoms with Crippen molar-refractivity contribution in [3.63, 3.8) is 0 Å². The van der Waals surface area contributed by atoms with Crippen LogP contribution in [0.5, 0.6) is 0 Å². The van der Waals surface area contributed by atoms with Crippen molar-refractivity contribution in [1.82, 2.24) is 5.32 Å². The Balaban J connectivity index is 3.45. The Hall–Kier alpha value is -0.910. The van der Waals surface area contributed by atoms with Gasteiger partial charge in [0, 0.05) is 6.42 Å². The van der Waals surface area contributed by atoms with Crippen molar-refractivity contribution in [2.45, 2.75) is 340 Å². The lowest BCUT2D eigenvalue weighted by Gasteiger charge is -2.26. The van der Waals surface area contributed by atoms with E-state index in [1.807, 2.05) is 0 Å². The van der Waals surface area contributed by atoms with Crippen LogP contribution in [0.15, 0.2) is 12.2 Å². The van der Waals surface area contributed by atoms with Crippen LogP contribution in [-0.4, -0.2) is 46.1 Å². The highest BCUT2D eigenvalue weighted by atomic mass is 16.3. The molecule has 0 aromatic rings. The fourth-order valence-electron chi connectivity index (χ4n) is 9.23. The molecule has 0 bridgehead atoms. The van der Waals surface area contributed by atoms with E-state index in [9.17, 15) is 20.1 Å². The van der Waals surface area contributed by atoms with Gasteiger partial charge in [0.05, 0.1) is 18.8 Å². The number of aliphatic hydroxyl groups excluding tert-OH is 3. The molecule has 0 aliphatic rings. The molecule has 1 amide bonds. The van der Waals surface area contributed by atoms with Gasteiger partial charge in [-0.2, -0.15) is 0 Å². The van der Waals surface area contributed by atoms with Crippen molar-refractivity contribution >= 4 is 5.91 Å². The number of nitrogens with one attached hydrogen (secondary N) is 1. The van der Waals surface area contributed by atoms with E-state index in [4.69, 9.17) is 0 Å². The van der Waals surface area contributed by atoms with Crippen LogP contribution in [-0.2, 0) is 4.79 Å². The zero-order valence-corrected chi connectivity index (χ0v) is 42.3. The second-order valence-electron chi connectivity index (χ2n) is 19.9. The summed E-state index contributed by atoms with van der Waals surface area (Å²) in [5.74, 6) is -0.147. The first-order chi connectivity index (χ1) is 30.6. The first-order valence-corrected chi connectivity index (χ1v) is 28.5. The zero-order chi connectivity index (χ0) is 45.1. The number of carbonyl (C=O) groups is 1. The Morgan fingerprint density at radius 3 is 0.935 bits per heavy atom. The quantitative estimate of drug-likeness (QED) is 0.0362. The average Bonchev–Trinajstić information content (AvgIpc) is 3.28. The van der Waals surface area contributed by atoms with Crippen molar-refractivity contribution in [2.24, 2.45) is 0 Å². The molecule has 0 saturated carbocycles. The smallest absolute Gasteiger partial charge is 0.220 e. The molecule has 0 saturated heterocycles. The average molecular weight is 877 g/mol. The van der Waals surface area contributed by atoms with Gasteiger partial charge in [-0.15, -0.1) is 0 Å². The summed E-state index contributed by atoms with van der Waals surface area (Å²) in [7, 11) is 0. The molecule has 3 unspecified atom stereocenters. The highest BCUT2D eigenvalue weighted by molar-refractivity contribution is 5.76. The number of rotatable bonds is 53. The van der Waals surface area contributed by atoms with Gasteiger partial charge in [-0.3, -0.25) is 4.79 Å². The van der Waals surface area contributed by atoms with Crippen molar-refractivity contribution in [3.8, 4) is 0 Å². The molecule has 5 heteroatoms. The summed E-state index contributed by atoms with van der Waals surface area (Å²) in [5, 5.41) is 33.7. The van der Waals surface area contributed by atoms with Crippen LogP contribution in [0.1, 0.15) is 322 Å². The summed E-state index contributed by atoms with van der Waals surface area (Å²) in [5.41, 5.74) is 0. The molecule has 0 aromatic carbocycles. The van der Waals surface area contributed by atoms with E-state index in [1.54, 1.807) is 0 Å². The fraction of sp³-hybridized carbons (Fsp3) is 0.947. The monoisotopic (exact) mass is 876 g/mol. The van der Waals surface area contributed by atoms with Crippen LogP contribution in [0, 0.1) is 0 Å². The van der Waals surface area contributed by atoms with Crippen LogP contribution in [0.3, 0.4) is 0 Å². The molecular weight excluding hydrogens is 763 g/mol. The Bertz CT molecular complexity index is 879. The van der Waals surface area contributed by atoms with E-state index < -0.39 is 18.2 Å². The topological polar surface area (TPSA) is 89.8 Å². The fourth-order valence-corrected chi connectivity index (χ4v) is 9.23. The second kappa shape index (κ2) is 52.7. The van der Waals surface area contributed by atoms with Gasteiger partial charge < -0.3 is 20.6 Å². The van der Waals surface area contributed by atoms with Gasteiger partial charge in [0.15, 0.2) is 0 Å². The van der Waals surface area contributed by atoms with Gasteiger partial charge in [-0.05, 0) is 38.5 Å². The molecule has 0 radical (unpaired) electrons. The Morgan fingerprint density at radius 2 is 0.645 bits per heavy atom. The minimum Gasteiger partial charge on any atom is -0.394 e. The van der Waals surface area contributed by atoms with Crippen molar-refractivity contribution in [2.75, 3.05) is 6.61 Å². The molecule has 0 heterocycles. The normalized spacial score (nSPS) is 13.3. The van der Waals surface area contributed by atoms with E-state index in [0.717, 1.165) is 38.5 Å². The molecule has 0 aliphatic heterocycles. The van der Waals surface area contributed by atoms with E-state index in [2.05, 4.69) is 31.3 Å². The molecule has 370 valence electrons. The summed E-state index contributed by atoms with van der Waals surface area (Å²) in [6.45, 7) is 4.20. The molecule has 0 aliphatic carbocycles. The van der Waals surface area contributed by atoms with Gasteiger partial charge >= 0.3 is 0 Å². The predicted molar refractivity (Wildman–Crippen MR) is 273 cm³/mol. The molecule has 4 N–H and O–H groups in total. The number of carbonyl (C=O) groups excluding carboxylic acids is 1. The number of amides is 1. The maximum absolute atomic E-state index is 12.5. The summed E-state index contributed by atoms with van der Waals surface area (Å²) in [4.78, 5) is 12.5. The maximum Gasteiger partial charge on any atom is 0.220 e. The van der Waals surface area contributed by atoms with Crippen LogP contribution >= 0.6 is 0 Å². The number of allylic oxidation sites excluding steroid dienone is 2. The van der Waals surface area contributed by atoms with Crippen LogP contribution in [0.4, 0.5) is 0 Å². The summed E-state index contributed by atoms with van der Waals surface area (Å²) < 4.78 is 0. The predicted octanol–water partition coefficient (Wildman–Crippen LogP) is 17.5. The molecular formula is C57H113NO4. The maximum atomic E-state index is 12.5. The second-order valence-corrected chi connectivity index (χ2v) is 19.9. The number of unbranched alkanes of at least 4 members (excludes halogenated alkanes) is 43. The summed E-state index contributed by atoms with van der Waals surface area (Å²) >= 11 is 0. The van der Waals surface area contributed by atoms with E-state index in [-0.39, 0.29) is 12.5 Å². The third-order valence-electron chi connectivity index (χ3n) is 13.6. The molecule has 3 atom stereocenters. The number of hydrogen-bond acceptors (Lipinski definition) is 4. The van der Waals surface area contributed by atoms with Gasteiger partial charge in [-0.25, -0.2) is 0 Å². The van der Waals surface area contributed by atoms with Crippen molar-refractivity contribution in [1.29, 1.82) is 0 Å². The summed E-state index contributed by atoms with van der Waals surface area (Å²) in [6.07, 6.45) is 65.3. The van der Waals surface area contributed by atoms with E-state index >= 15 is 0 Å². The van der Waals surface area contributed by atoms with Crippen LogP contribution in [0.25, 0.3) is 0 Å². The van der Waals surface area contributed by atoms with Gasteiger partial charge in [0.1, 0.15) is 6.10 Å². The SMILES string of the molecule is CCCCCCCCCCCC/C=C/CCCC(O)C(O)C(CO)NC(=O)CCCCCCCCCCCCCCCCCCCCCCCCCCCCCCCCCCC. The highest BCUT2D eigenvalue weighted by Crippen LogP contribution is 2.18. The van der Waals surface area contributed by atoms with Gasteiger partial charge in [0.2, 0.25) is 5.91 Å². The number of aliphatic hydroxyl groups is 3. The lowest BCUT2D eigenvalue weighted by Crippen LogP contribution is -2.50. The van der Waals surface area contributed by atoms with Gasteiger partial charge in [-0.1, -0.05) is 289 Å². The standard InChI is InChI=1S/C57H113NO4/c1-3-5-7-9-11-13-15-17-19-20-21-22-23-24-25-26-27-28-29-30-31-32-33-34-35-36-38-40-42-44-46-48-50-52-56(61)58-54(53-59)57(62)55(60)51-49-47-45-43-41-39-37-18-16-14-12-10-8-6-4-2/h43,45,54-55,57,59-60,62H,3-42,44,46-53H2,1-2H3,(H,58,61)/b45-43+. The molecule has 0 aromatic heterocycles. The Labute approximate surface area is 389 Å². The lowest BCUT2D eigenvalue weighted by atomic mass is 10.0. The third-order valence-corrected chi connectivity index (χ3v) is 13.6. The first kappa shape index (κ1) is 61.1. The van der Waals surface area contributed by atoms with E-state index in [0.29, 0.717) is 12.8 Å². The third kappa shape index (κ3) is 47.1. The Morgan fingerprint density at radius 1 is 0.387 bits per heavy atom. The van der Waals surface area contributed by atoms with E-state index in [1.165, 1.54) is 257 Å². The Kier molecular flexibility index (Phi) is 51.9. The minimum absolute atomic E-state index is 0.147. The number of hydrogen-bond donors (Lipinski definition) is 4. The molecule has 62 heavy (non-hydrogen) atoms. The molecule has 0 rings (SSSR count).